The molecule has 28 heavy (non-hydrogen) atoms. The molecule has 4 rings (SSSR count). The summed E-state index contributed by atoms with van der Waals surface area (Å²) < 4.78 is 0. The van der Waals surface area contributed by atoms with Gasteiger partial charge in [-0.1, -0.05) is 55.8 Å². The highest BCUT2D eigenvalue weighted by molar-refractivity contribution is 5.99. The van der Waals surface area contributed by atoms with Crippen molar-refractivity contribution in [3.8, 4) is 11.3 Å². The van der Waals surface area contributed by atoms with Crippen molar-refractivity contribution in [1.29, 1.82) is 0 Å². The van der Waals surface area contributed by atoms with E-state index in [1.54, 1.807) is 0 Å². The van der Waals surface area contributed by atoms with Gasteiger partial charge in [0.05, 0.1) is 11.2 Å². The van der Waals surface area contributed by atoms with E-state index in [2.05, 4.69) is 54.4 Å². The number of hydrogen-bond acceptors (Lipinski definition) is 2. The number of hydrogen-bond donors (Lipinski definition) is 2. The predicted octanol–water partition coefficient (Wildman–Crippen LogP) is 6.01. The van der Waals surface area contributed by atoms with Crippen molar-refractivity contribution >= 4 is 21.8 Å². The third kappa shape index (κ3) is 3.55. The average Bonchev–Trinajstić information content (AvgIpc) is 3.11. The van der Waals surface area contributed by atoms with Crippen LogP contribution in [0.15, 0.2) is 54.7 Å². The molecule has 0 saturated carbocycles. The highest BCUT2D eigenvalue weighted by Gasteiger charge is 2.17. The largest absolute Gasteiger partial charge is 0.354 e. The number of para-hydroxylation sites is 2. The zero-order chi connectivity index (χ0) is 19.3. The van der Waals surface area contributed by atoms with E-state index >= 15 is 0 Å². The van der Waals surface area contributed by atoms with Crippen molar-refractivity contribution in [1.82, 2.24) is 9.97 Å². The molecule has 0 aliphatic rings. The maximum atomic E-state index is 5.77. The molecule has 0 saturated heterocycles. The van der Waals surface area contributed by atoms with Gasteiger partial charge in [0.2, 0.25) is 0 Å². The van der Waals surface area contributed by atoms with Gasteiger partial charge >= 0.3 is 0 Å². The Labute approximate surface area is 167 Å². The number of unbranched alkanes of at least 4 members (excludes halogenated alkanes) is 2. The molecule has 3 heteroatoms. The van der Waals surface area contributed by atoms with Crippen LogP contribution in [0, 0.1) is 0 Å². The van der Waals surface area contributed by atoms with E-state index in [1.807, 2.05) is 12.3 Å². The van der Waals surface area contributed by atoms with Gasteiger partial charge in [-0.05, 0) is 55.8 Å². The second-order valence-electron chi connectivity index (χ2n) is 7.55. The minimum Gasteiger partial charge on any atom is -0.354 e. The number of nitrogens with zero attached hydrogens (tertiary/aromatic N) is 1. The normalized spacial score (nSPS) is 11.5. The molecule has 3 nitrogen and oxygen atoms in total. The lowest BCUT2D eigenvalue weighted by atomic mass is 9.97. The minimum atomic E-state index is 0.745. The summed E-state index contributed by atoms with van der Waals surface area (Å²) in [5.74, 6) is 0. The molecule has 144 valence electrons. The van der Waals surface area contributed by atoms with Gasteiger partial charge in [0.25, 0.3) is 0 Å². The van der Waals surface area contributed by atoms with Gasteiger partial charge in [0.15, 0.2) is 0 Å². The molecule has 0 spiro atoms. The molecule has 2 heterocycles. The van der Waals surface area contributed by atoms with Crippen molar-refractivity contribution in [3.63, 3.8) is 0 Å². The summed E-state index contributed by atoms with van der Waals surface area (Å²) >= 11 is 0. The summed E-state index contributed by atoms with van der Waals surface area (Å²) in [7, 11) is 0. The number of rotatable bonds is 8. The number of nitrogens with two attached hydrogens (primary N) is 1. The molecular formula is C25H29N3. The Morgan fingerprint density at radius 1 is 0.929 bits per heavy atom. The first-order chi connectivity index (χ1) is 13.8. The number of aromatic nitrogens is 2. The monoisotopic (exact) mass is 371 g/mol. The third-order valence-corrected chi connectivity index (χ3v) is 5.61. The fourth-order valence-electron chi connectivity index (χ4n) is 4.15. The van der Waals surface area contributed by atoms with E-state index in [0.717, 1.165) is 37.7 Å². The summed E-state index contributed by atoms with van der Waals surface area (Å²) in [4.78, 5) is 8.50. The topological polar surface area (TPSA) is 54.7 Å². The molecule has 0 atom stereocenters. The summed E-state index contributed by atoms with van der Waals surface area (Å²) in [6.45, 7) is 3.00. The van der Waals surface area contributed by atoms with Crippen molar-refractivity contribution in [2.75, 3.05) is 6.54 Å². The molecule has 0 fully saturated rings. The van der Waals surface area contributed by atoms with E-state index in [1.165, 1.54) is 51.5 Å². The van der Waals surface area contributed by atoms with Crippen LogP contribution in [0.4, 0.5) is 0 Å². The molecule has 0 amide bonds. The number of aromatic amines is 1. The fourth-order valence-corrected chi connectivity index (χ4v) is 4.15. The Bertz CT molecular complexity index is 1070. The predicted molar refractivity (Wildman–Crippen MR) is 120 cm³/mol. The molecule has 4 aromatic rings. The number of aryl methyl sites for hydroxylation is 2. The standard InChI is InChI=1S/C25H29N3/c1-2-3-9-19-11-6-14-20-21(13-4-5-16-26)25(28-24(19)20)22-15-7-10-18-12-8-17-27-23(18)22/h6-8,10-12,14-15,17,28H,2-5,9,13,16,26H2,1H3. The van der Waals surface area contributed by atoms with Crippen LogP contribution in [0.1, 0.15) is 43.7 Å². The summed E-state index contributed by atoms with van der Waals surface area (Å²) in [5.41, 5.74) is 13.4. The van der Waals surface area contributed by atoms with E-state index in [4.69, 9.17) is 10.7 Å². The molecule has 2 aromatic heterocycles. The smallest absolute Gasteiger partial charge is 0.0795 e. The minimum absolute atomic E-state index is 0.745. The second kappa shape index (κ2) is 8.57. The van der Waals surface area contributed by atoms with Crippen LogP contribution in [-0.4, -0.2) is 16.5 Å². The number of benzene rings is 2. The van der Waals surface area contributed by atoms with Crippen LogP contribution in [0.3, 0.4) is 0 Å². The lowest BCUT2D eigenvalue weighted by molar-refractivity contribution is 0.748. The van der Waals surface area contributed by atoms with Gasteiger partial charge in [-0.15, -0.1) is 0 Å². The highest BCUT2D eigenvalue weighted by Crippen LogP contribution is 2.36. The molecule has 0 aliphatic heterocycles. The van der Waals surface area contributed by atoms with Gasteiger partial charge in [-0.3, -0.25) is 4.98 Å². The third-order valence-electron chi connectivity index (χ3n) is 5.61. The van der Waals surface area contributed by atoms with Crippen LogP contribution in [0.2, 0.25) is 0 Å². The zero-order valence-electron chi connectivity index (χ0n) is 16.7. The van der Waals surface area contributed by atoms with Crippen LogP contribution >= 0.6 is 0 Å². The Morgan fingerprint density at radius 2 is 1.79 bits per heavy atom. The molecule has 0 aliphatic carbocycles. The van der Waals surface area contributed by atoms with Gasteiger partial charge < -0.3 is 10.7 Å². The lowest BCUT2D eigenvalue weighted by Gasteiger charge is -2.08. The van der Waals surface area contributed by atoms with Crippen LogP contribution in [0.25, 0.3) is 33.1 Å². The van der Waals surface area contributed by atoms with Crippen molar-refractivity contribution in [2.45, 2.75) is 45.4 Å². The van der Waals surface area contributed by atoms with E-state index in [9.17, 15) is 0 Å². The van der Waals surface area contributed by atoms with Crippen LogP contribution in [-0.2, 0) is 12.8 Å². The molecular weight excluding hydrogens is 342 g/mol. The number of pyridine rings is 1. The fraction of sp³-hybridized carbons (Fsp3) is 0.320. The van der Waals surface area contributed by atoms with E-state index in [0.29, 0.717) is 0 Å². The zero-order valence-corrected chi connectivity index (χ0v) is 16.7. The SMILES string of the molecule is CCCCc1cccc2c(CCCCN)c(-c3cccc4cccnc34)[nH]c12. The molecule has 0 radical (unpaired) electrons. The van der Waals surface area contributed by atoms with Crippen molar-refractivity contribution in [2.24, 2.45) is 5.73 Å². The highest BCUT2D eigenvalue weighted by atomic mass is 14.7. The first-order valence-corrected chi connectivity index (χ1v) is 10.5. The number of fused-ring (bicyclic) bond motifs is 2. The second-order valence-corrected chi connectivity index (χ2v) is 7.55. The maximum Gasteiger partial charge on any atom is 0.0795 e. The molecule has 0 bridgehead atoms. The van der Waals surface area contributed by atoms with Gasteiger partial charge in [-0.2, -0.15) is 0 Å². The molecule has 0 unspecified atom stereocenters. The number of H-pyrrole nitrogens is 1. The van der Waals surface area contributed by atoms with Crippen LogP contribution < -0.4 is 5.73 Å². The Kier molecular flexibility index (Phi) is 5.73. The lowest BCUT2D eigenvalue weighted by Crippen LogP contribution is -1.99. The quantitative estimate of drug-likeness (QED) is 0.373. The Balaban J connectivity index is 1.91. The van der Waals surface area contributed by atoms with Crippen molar-refractivity contribution in [3.05, 3.63) is 65.9 Å². The Hall–Kier alpha value is -2.65. The summed E-state index contributed by atoms with van der Waals surface area (Å²) in [5, 5.41) is 2.53. The van der Waals surface area contributed by atoms with Crippen LogP contribution in [0.5, 0.6) is 0 Å². The van der Waals surface area contributed by atoms with Gasteiger partial charge in [-0.25, -0.2) is 0 Å². The summed E-state index contributed by atoms with van der Waals surface area (Å²) in [6.07, 6.45) is 8.61. The Morgan fingerprint density at radius 3 is 2.64 bits per heavy atom. The van der Waals surface area contributed by atoms with Gasteiger partial charge in [0.1, 0.15) is 0 Å². The van der Waals surface area contributed by atoms with E-state index in [-0.39, 0.29) is 0 Å². The van der Waals surface area contributed by atoms with E-state index < -0.39 is 0 Å². The van der Waals surface area contributed by atoms with Gasteiger partial charge in [0, 0.05) is 28.0 Å². The first-order valence-electron chi connectivity index (χ1n) is 10.5. The first kappa shape index (κ1) is 18.7. The number of nitrogens with one attached hydrogen (secondary N) is 1. The summed E-state index contributed by atoms with van der Waals surface area (Å²) in [6, 6.07) is 17.3. The molecule has 2 aromatic carbocycles. The maximum absolute atomic E-state index is 5.77. The molecule has 3 N–H and O–H groups in total. The van der Waals surface area contributed by atoms with Crippen molar-refractivity contribution < 1.29 is 0 Å². The average molecular weight is 372 g/mol.